The van der Waals surface area contributed by atoms with Crippen LogP contribution in [0.1, 0.15) is 0 Å². The van der Waals surface area contributed by atoms with Gasteiger partial charge in [0.05, 0.1) is 17.9 Å². The fourth-order valence-electron chi connectivity index (χ4n) is 2.92. The minimum absolute atomic E-state index is 0. The Balaban J connectivity index is 0.00000729. The summed E-state index contributed by atoms with van der Waals surface area (Å²) in [5, 5.41) is 32.9. The van der Waals surface area contributed by atoms with Gasteiger partial charge in [-0.25, -0.2) is 0 Å². The number of carboxylic acid groups (broad SMARTS) is 3. The van der Waals surface area contributed by atoms with Crippen LogP contribution in [-0.2, 0) is 47.1 Å². The van der Waals surface area contributed by atoms with Crippen LogP contribution in [-0.4, -0.2) is 116 Å². The first-order valence-electron chi connectivity index (χ1n) is 8.79. The number of aliphatic carboxylic acids is 3. The molecule has 0 bridgehead atoms. The third-order valence-corrected chi connectivity index (χ3v) is 4.32. The standard InChI is InChI=1S/C17H29N4O6.Y/c1-2-3-18-4-6-19(12-15(22)23)8-10-21(14-17(26)27)11-9-20(7-5-18)13-16(24)25;/h1,3-14H2,(H,22,23)(H,24,25)(H,26,27);/q-1;/p-3. The van der Waals surface area contributed by atoms with Gasteiger partial charge in [0.15, 0.2) is 0 Å². The van der Waals surface area contributed by atoms with E-state index in [0.717, 1.165) is 0 Å². The molecule has 1 aliphatic heterocycles. The topological polar surface area (TPSA) is 133 Å². The normalized spacial score (nSPS) is 19.0. The van der Waals surface area contributed by atoms with Crippen molar-refractivity contribution in [2.75, 3.05) is 78.5 Å². The van der Waals surface area contributed by atoms with Crippen LogP contribution >= 0.6 is 0 Å². The summed E-state index contributed by atoms with van der Waals surface area (Å²) in [6, 6.07) is 0. The molecule has 0 aromatic rings. The maximum atomic E-state index is 11.0. The summed E-state index contributed by atoms with van der Waals surface area (Å²) in [5.74, 6) is -3.64. The summed E-state index contributed by atoms with van der Waals surface area (Å²) in [4.78, 5) is 39.9. The van der Waals surface area contributed by atoms with E-state index in [1.54, 1.807) is 14.7 Å². The molecule has 10 nitrogen and oxygen atoms in total. The number of carboxylic acids is 3. The number of hydrogen-bond acceptors (Lipinski definition) is 10. The third kappa shape index (κ3) is 12.5. The maximum Gasteiger partial charge on any atom is 0.0555 e. The molecule has 11 heteroatoms. The Morgan fingerprint density at radius 2 is 0.893 bits per heavy atom. The van der Waals surface area contributed by atoms with Gasteiger partial charge in [-0.1, -0.05) is 0 Å². The monoisotopic (exact) mass is 471 g/mol. The summed E-state index contributed by atoms with van der Waals surface area (Å²) in [5.41, 5.74) is 0. The summed E-state index contributed by atoms with van der Waals surface area (Å²) in [6.45, 7) is 6.51. The summed E-state index contributed by atoms with van der Waals surface area (Å²) < 4.78 is 0. The zero-order chi connectivity index (χ0) is 20.2. The average Bonchev–Trinajstić information content (AvgIpc) is 2.56. The number of carbonyl (C=O) groups is 3. The zero-order valence-corrected chi connectivity index (χ0v) is 18.8. The van der Waals surface area contributed by atoms with Crippen LogP contribution in [0.3, 0.4) is 0 Å². The van der Waals surface area contributed by atoms with E-state index >= 15 is 0 Å². The van der Waals surface area contributed by atoms with Gasteiger partial charge in [0.2, 0.25) is 0 Å². The fourth-order valence-corrected chi connectivity index (χ4v) is 2.92. The van der Waals surface area contributed by atoms with E-state index in [1.807, 2.05) is 4.90 Å². The maximum absolute atomic E-state index is 11.0. The molecule has 1 saturated heterocycles. The second-order valence-corrected chi connectivity index (χ2v) is 6.47. The van der Waals surface area contributed by atoms with Gasteiger partial charge in [-0.3, -0.25) is 21.3 Å². The van der Waals surface area contributed by atoms with E-state index in [-0.39, 0.29) is 52.3 Å². The van der Waals surface area contributed by atoms with E-state index in [9.17, 15) is 29.7 Å². The Hall–Kier alpha value is -0.906. The van der Waals surface area contributed by atoms with Crippen molar-refractivity contribution in [3.8, 4) is 0 Å². The molecule has 1 rings (SSSR count). The molecule has 1 fully saturated rings. The first kappa shape index (κ1) is 27.1. The number of carbonyl (C=O) groups excluding carboxylic acids is 3. The van der Waals surface area contributed by atoms with Crippen LogP contribution in [0, 0.1) is 6.08 Å². The van der Waals surface area contributed by atoms with E-state index in [1.165, 1.54) is 0 Å². The molecule has 0 saturated carbocycles. The van der Waals surface area contributed by atoms with Crippen molar-refractivity contribution in [1.29, 1.82) is 0 Å². The van der Waals surface area contributed by atoms with E-state index in [2.05, 4.69) is 12.7 Å². The van der Waals surface area contributed by atoms with Gasteiger partial charge in [0.1, 0.15) is 0 Å². The smallest absolute Gasteiger partial charge is 0.0555 e. The molecule has 0 amide bonds. The van der Waals surface area contributed by atoms with Gasteiger partial charge < -0.3 is 40.7 Å². The molecule has 0 aromatic heterocycles. The largest absolute Gasteiger partial charge is 0.549 e. The van der Waals surface area contributed by atoms with Crippen molar-refractivity contribution in [1.82, 2.24) is 19.6 Å². The first-order valence-corrected chi connectivity index (χ1v) is 8.79. The number of rotatable bonds is 8. The molecule has 28 heavy (non-hydrogen) atoms. The Kier molecular flexibility index (Phi) is 14.5. The van der Waals surface area contributed by atoms with Crippen molar-refractivity contribution in [2.45, 2.75) is 0 Å². The summed E-state index contributed by atoms with van der Waals surface area (Å²) in [7, 11) is 0. The van der Waals surface area contributed by atoms with Crippen molar-refractivity contribution < 1.29 is 62.4 Å². The molecule has 0 atom stereocenters. The van der Waals surface area contributed by atoms with Gasteiger partial charge in [-0.15, -0.1) is 6.54 Å². The Bertz CT molecular complexity index is 490. The van der Waals surface area contributed by atoms with E-state index in [4.69, 9.17) is 0 Å². The van der Waals surface area contributed by atoms with Crippen LogP contribution < -0.4 is 15.3 Å². The molecule has 1 radical (unpaired) electrons. The van der Waals surface area contributed by atoms with Crippen LogP contribution in [0.15, 0.2) is 6.58 Å². The van der Waals surface area contributed by atoms with Crippen molar-refractivity contribution in [3.63, 3.8) is 0 Å². The minimum Gasteiger partial charge on any atom is -0.549 e. The SMILES string of the molecule is C=[C-]CN1CCN(CC(=O)[O-])CCN(CC(=O)[O-])CCN(CC(=O)[O-])CC1.[Y]. The second kappa shape index (κ2) is 15.0. The molecule has 0 aliphatic carbocycles. The van der Waals surface area contributed by atoms with Crippen LogP contribution in [0.2, 0.25) is 0 Å². The molecule has 0 aromatic carbocycles. The zero-order valence-electron chi connectivity index (χ0n) is 16.0. The van der Waals surface area contributed by atoms with E-state index in [0.29, 0.717) is 58.9 Å². The van der Waals surface area contributed by atoms with Crippen LogP contribution in [0.5, 0.6) is 0 Å². The number of hydrogen-bond donors (Lipinski definition) is 0. The van der Waals surface area contributed by atoms with Crippen molar-refractivity contribution in [2.24, 2.45) is 0 Å². The van der Waals surface area contributed by atoms with Crippen LogP contribution in [0.25, 0.3) is 0 Å². The Labute approximate surface area is 190 Å². The van der Waals surface area contributed by atoms with Crippen LogP contribution in [0.4, 0.5) is 0 Å². The fraction of sp³-hybridized carbons (Fsp3) is 0.706. The Morgan fingerprint density at radius 1 is 0.643 bits per heavy atom. The second-order valence-electron chi connectivity index (χ2n) is 6.47. The quantitative estimate of drug-likeness (QED) is 0.316. The molecule has 0 N–H and O–H groups in total. The summed E-state index contributed by atoms with van der Waals surface area (Å²) in [6.07, 6.45) is 2.79. The molecular weight excluding hydrogens is 445 g/mol. The van der Waals surface area contributed by atoms with Gasteiger partial charge >= 0.3 is 0 Å². The van der Waals surface area contributed by atoms with Crippen molar-refractivity contribution in [3.05, 3.63) is 12.7 Å². The molecule has 0 spiro atoms. The van der Waals surface area contributed by atoms with Gasteiger partial charge in [0, 0.05) is 105 Å². The minimum atomic E-state index is -1.24. The average molecular weight is 471 g/mol. The predicted octanol–water partition coefficient (Wildman–Crippen LogP) is -5.56. The molecule has 0 unspecified atom stereocenters. The Morgan fingerprint density at radius 3 is 1.11 bits per heavy atom. The van der Waals surface area contributed by atoms with E-state index < -0.39 is 17.9 Å². The molecular formula is C17H26N4O6Y-4. The first-order chi connectivity index (χ1) is 12.8. The van der Waals surface area contributed by atoms with Crippen molar-refractivity contribution >= 4 is 17.9 Å². The third-order valence-electron chi connectivity index (χ3n) is 4.32. The van der Waals surface area contributed by atoms with Gasteiger partial charge in [-0.05, 0) is 0 Å². The summed E-state index contributed by atoms with van der Waals surface area (Å²) >= 11 is 0. The molecule has 1 aliphatic rings. The number of nitrogens with zero attached hydrogens (tertiary/aromatic N) is 4. The van der Waals surface area contributed by atoms with Gasteiger partial charge in [0.25, 0.3) is 0 Å². The predicted molar refractivity (Wildman–Crippen MR) is 89.7 cm³/mol. The molecule has 157 valence electrons. The van der Waals surface area contributed by atoms with Gasteiger partial charge in [-0.2, -0.15) is 0 Å². The molecule has 1 heterocycles.